The number of benzene rings is 2. The Labute approximate surface area is 239 Å². The Morgan fingerprint density at radius 1 is 1.24 bits per heavy atom. The largest absolute Gasteiger partial charge is 0.488 e. The highest BCUT2D eigenvalue weighted by Gasteiger charge is 2.35. The minimum absolute atomic E-state index is 0.0475. The molecule has 1 unspecified atom stereocenters. The molecule has 1 aromatic heterocycles. The van der Waals surface area contributed by atoms with E-state index in [0.29, 0.717) is 25.5 Å². The number of carbonyl (C=O) groups is 1. The molecule has 2 aromatic carbocycles. The lowest BCUT2D eigenvalue weighted by molar-refractivity contribution is -0.127. The van der Waals surface area contributed by atoms with Gasteiger partial charge in [-0.25, -0.2) is 9.97 Å². The fraction of sp³-hybridized carbons (Fsp3) is 0.323. The van der Waals surface area contributed by atoms with Gasteiger partial charge < -0.3 is 34.8 Å². The van der Waals surface area contributed by atoms with Gasteiger partial charge in [0.15, 0.2) is 5.75 Å². The zero-order chi connectivity index (χ0) is 28.3. The number of aryl methyl sites for hydroxylation is 1. The number of nitrogens with one attached hydrogen (secondary N) is 2. The van der Waals surface area contributed by atoms with Crippen molar-refractivity contribution in [2.75, 3.05) is 63.6 Å². The quantitative estimate of drug-likeness (QED) is 0.426. The van der Waals surface area contributed by atoms with E-state index in [2.05, 4.69) is 31.6 Å². The van der Waals surface area contributed by atoms with E-state index >= 15 is 0 Å². The van der Waals surface area contributed by atoms with Crippen LogP contribution < -0.4 is 25.0 Å². The summed E-state index contributed by atoms with van der Waals surface area (Å²) in [6, 6.07) is 10.2. The molecule has 0 saturated carbocycles. The van der Waals surface area contributed by atoms with Gasteiger partial charge in [-0.05, 0) is 69.1 Å². The predicted octanol–water partition coefficient (Wildman–Crippen LogP) is 3.59. The average Bonchev–Trinajstić information content (AvgIpc) is 2.98. The molecule has 1 amide bonds. The molecule has 0 bridgehead atoms. The number of dihydropyridines is 1. The number of allylic oxidation sites excluding steroid dienone is 1. The Kier molecular flexibility index (Phi) is 7.47. The van der Waals surface area contributed by atoms with E-state index in [1.807, 2.05) is 79.5 Å². The summed E-state index contributed by atoms with van der Waals surface area (Å²) in [6.45, 7) is 6.01. The van der Waals surface area contributed by atoms with E-state index in [-0.39, 0.29) is 11.9 Å². The summed E-state index contributed by atoms with van der Waals surface area (Å²) in [5.74, 6) is 3.13. The molecular formula is C31H35N7O3. The smallest absolute Gasteiger partial charge is 0.246 e. The number of aromatic nitrogens is 2. The van der Waals surface area contributed by atoms with Gasteiger partial charge in [0.2, 0.25) is 5.91 Å². The van der Waals surface area contributed by atoms with Crippen molar-refractivity contribution in [3.05, 3.63) is 78.5 Å². The van der Waals surface area contributed by atoms with Gasteiger partial charge in [-0.2, -0.15) is 0 Å². The molecule has 2 N–H and O–H groups in total. The van der Waals surface area contributed by atoms with Gasteiger partial charge in [-0.15, -0.1) is 0 Å². The Morgan fingerprint density at radius 3 is 2.95 bits per heavy atom. The zero-order valence-corrected chi connectivity index (χ0v) is 23.6. The van der Waals surface area contributed by atoms with Crippen LogP contribution in [-0.2, 0) is 4.79 Å². The maximum Gasteiger partial charge on any atom is 0.246 e. The lowest BCUT2D eigenvalue weighted by Crippen LogP contribution is -2.58. The van der Waals surface area contributed by atoms with E-state index in [1.54, 1.807) is 12.4 Å². The lowest BCUT2D eigenvalue weighted by Gasteiger charge is -2.45. The van der Waals surface area contributed by atoms with Crippen molar-refractivity contribution in [2.45, 2.75) is 13.0 Å². The highest BCUT2D eigenvalue weighted by Crippen LogP contribution is 2.43. The molecule has 0 aliphatic carbocycles. The summed E-state index contributed by atoms with van der Waals surface area (Å²) in [4.78, 5) is 28.2. The third kappa shape index (κ3) is 5.69. The van der Waals surface area contributed by atoms with Gasteiger partial charge in [-0.1, -0.05) is 6.08 Å². The number of nitrogens with zero attached hydrogens (tertiary/aromatic N) is 5. The standard InChI is InChI=1S/C31H35N7O3/c1-21-17-22(6-9-27(21)41-24-10-12-32-13-11-24)35-31-29-25(33-20-34-31)7-8-26-30(29)40-19-23-18-37(15-16-38(23)26)28(39)5-4-14-36(2)3/h4-12,17,20,23,32H,13-16,18-19H2,1-3H3,(H,33,34,35)/b5-4+. The second kappa shape index (κ2) is 11.5. The van der Waals surface area contributed by atoms with Crippen LogP contribution in [-0.4, -0.2) is 85.1 Å². The van der Waals surface area contributed by atoms with Crippen molar-refractivity contribution in [1.29, 1.82) is 0 Å². The number of ether oxygens (including phenoxy) is 2. The van der Waals surface area contributed by atoms with Crippen molar-refractivity contribution in [2.24, 2.45) is 0 Å². The van der Waals surface area contributed by atoms with Gasteiger partial charge >= 0.3 is 0 Å². The lowest BCUT2D eigenvalue weighted by atomic mass is 10.1. The first kappa shape index (κ1) is 26.6. The van der Waals surface area contributed by atoms with E-state index in [0.717, 1.165) is 64.7 Å². The van der Waals surface area contributed by atoms with Crippen LogP contribution in [0.3, 0.4) is 0 Å². The van der Waals surface area contributed by atoms with Crippen molar-refractivity contribution in [1.82, 2.24) is 25.1 Å². The van der Waals surface area contributed by atoms with Crippen LogP contribution in [0.25, 0.3) is 10.9 Å². The Hall–Kier alpha value is -4.57. The zero-order valence-electron chi connectivity index (χ0n) is 23.6. The molecule has 4 heterocycles. The van der Waals surface area contributed by atoms with Crippen molar-refractivity contribution >= 4 is 34.0 Å². The first-order valence-corrected chi connectivity index (χ1v) is 13.9. The molecule has 3 aliphatic heterocycles. The summed E-state index contributed by atoms with van der Waals surface area (Å²) < 4.78 is 12.5. The number of hydrogen-bond acceptors (Lipinski definition) is 9. The van der Waals surface area contributed by atoms with Gasteiger partial charge in [0, 0.05) is 50.7 Å². The van der Waals surface area contributed by atoms with Gasteiger partial charge in [0.05, 0.1) is 22.6 Å². The van der Waals surface area contributed by atoms with Crippen LogP contribution in [0.1, 0.15) is 5.56 Å². The van der Waals surface area contributed by atoms with Crippen molar-refractivity contribution in [3.8, 4) is 11.5 Å². The van der Waals surface area contributed by atoms with E-state index in [9.17, 15) is 4.79 Å². The summed E-state index contributed by atoms with van der Waals surface area (Å²) in [7, 11) is 3.97. The first-order valence-electron chi connectivity index (χ1n) is 13.9. The molecular weight excluding hydrogens is 518 g/mol. The average molecular weight is 554 g/mol. The molecule has 3 aliphatic rings. The number of anilines is 3. The SMILES string of the molecule is Cc1cc(Nc2ncnc3ccc4c(c23)OCC2CN(C(=O)/C=C/CN(C)C)CCN42)ccc1OC1=CCNC=C1. The monoisotopic (exact) mass is 553 g/mol. The van der Waals surface area contributed by atoms with Gasteiger partial charge in [-0.3, -0.25) is 4.79 Å². The normalized spacial score (nSPS) is 18.0. The second-order valence-corrected chi connectivity index (χ2v) is 10.7. The van der Waals surface area contributed by atoms with E-state index in [1.165, 1.54) is 0 Å². The van der Waals surface area contributed by atoms with E-state index < -0.39 is 0 Å². The molecule has 1 saturated heterocycles. The number of amides is 1. The van der Waals surface area contributed by atoms with Gasteiger partial charge in [0.1, 0.15) is 30.3 Å². The molecule has 0 radical (unpaired) electrons. The summed E-state index contributed by atoms with van der Waals surface area (Å²) >= 11 is 0. The van der Waals surface area contributed by atoms with Crippen LogP contribution in [0.4, 0.5) is 17.2 Å². The third-order valence-corrected chi connectivity index (χ3v) is 7.44. The number of carbonyl (C=O) groups excluding carboxylic acids is 1. The topological polar surface area (TPSA) is 95.1 Å². The third-order valence-electron chi connectivity index (χ3n) is 7.44. The van der Waals surface area contributed by atoms with Crippen molar-refractivity contribution < 1.29 is 14.3 Å². The number of fused-ring (bicyclic) bond motifs is 5. The Balaban J connectivity index is 1.22. The number of hydrogen-bond donors (Lipinski definition) is 2. The van der Waals surface area contributed by atoms with Gasteiger partial charge in [0.25, 0.3) is 0 Å². The Bertz CT molecular complexity index is 1550. The summed E-state index contributed by atoms with van der Waals surface area (Å²) in [5.41, 5.74) is 3.71. The van der Waals surface area contributed by atoms with Crippen LogP contribution in [0, 0.1) is 6.92 Å². The molecule has 1 fully saturated rings. The molecule has 10 heteroatoms. The molecule has 10 nitrogen and oxygen atoms in total. The molecule has 0 spiro atoms. The highest BCUT2D eigenvalue weighted by atomic mass is 16.5. The van der Waals surface area contributed by atoms with Crippen LogP contribution >= 0.6 is 0 Å². The Morgan fingerprint density at radius 2 is 2.15 bits per heavy atom. The molecule has 6 rings (SSSR count). The maximum absolute atomic E-state index is 12.8. The fourth-order valence-electron chi connectivity index (χ4n) is 5.36. The van der Waals surface area contributed by atoms with Crippen LogP contribution in [0.2, 0.25) is 0 Å². The second-order valence-electron chi connectivity index (χ2n) is 10.7. The van der Waals surface area contributed by atoms with Crippen LogP contribution in [0.15, 0.2) is 72.9 Å². The number of piperazine rings is 1. The summed E-state index contributed by atoms with van der Waals surface area (Å²) in [6.07, 6.45) is 11.0. The van der Waals surface area contributed by atoms with E-state index in [4.69, 9.17) is 9.47 Å². The van der Waals surface area contributed by atoms with Crippen LogP contribution in [0.5, 0.6) is 11.5 Å². The predicted molar refractivity (Wildman–Crippen MR) is 161 cm³/mol. The van der Waals surface area contributed by atoms with Crippen molar-refractivity contribution in [3.63, 3.8) is 0 Å². The number of likely N-dealkylation sites (N-methyl/N-ethyl adjacent to an activating group) is 1. The fourth-order valence-corrected chi connectivity index (χ4v) is 5.36. The molecule has 1 atom stereocenters. The molecule has 41 heavy (non-hydrogen) atoms. The molecule has 212 valence electrons. The maximum atomic E-state index is 12.8. The molecule has 3 aromatic rings. The minimum Gasteiger partial charge on any atom is -0.488 e. The highest BCUT2D eigenvalue weighted by molar-refractivity contribution is 6.00. The summed E-state index contributed by atoms with van der Waals surface area (Å²) in [5, 5.41) is 7.45. The minimum atomic E-state index is 0.0475. The number of rotatable bonds is 7. The first-order chi connectivity index (χ1) is 20.0.